The van der Waals surface area contributed by atoms with E-state index < -0.39 is 15.8 Å². The average molecular weight is 299 g/mol. The third kappa shape index (κ3) is 3.79. The van der Waals surface area contributed by atoms with Gasteiger partial charge >= 0.3 is 0 Å². The van der Waals surface area contributed by atoms with Gasteiger partial charge in [0, 0.05) is 12.0 Å². The molecule has 0 spiro atoms. The van der Waals surface area contributed by atoms with Crippen molar-refractivity contribution in [3.8, 4) is 0 Å². The summed E-state index contributed by atoms with van der Waals surface area (Å²) in [7, 11) is -3.01. The van der Waals surface area contributed by atoms with E-state index in [1.807, 2.05) is 0 Å². The molecular formula is C14H18FNO3S. The number of hydrogen-bond acceptors (Lipinski definition) is 3. The van der Waals surface area contributed by atoms with Gasteiger partial charge < -0.3 is 5.32 Å². The molecule has 1 aromatic carbocycles. The van der Waals surface area contributed by atoms with E-state index in [9.17, 15) is 17.6 Å². The van der Waals surface area contributed by atoms with E-state index >= 15 is 0 Å². The number of rotatable bonds is 4. The lowest BCUT2D eigenvalue weighted by molar-refractivity contribution is -0.125. The van der Waals surface area contributed by atoms with Crippen molar-refractivity contribution >= 4 is 15.7 Å². The third-order valence-electron chi connectivity index (χ3n) is 3.51. The summed E-state index contributed by atoms with van der Waals surface area (Å²) in [6.45, 7) is 1.71. The Hall–Kier alpha value is -1.43. The van der Waals surface area contributed by atoms with Gasteiger partial charge in [-0.2, -0.15) is 0 Å². The van der Waals surface area contributed by atoms with Gasteiger partial charge in [0.2, 0.25) is 5.91 Å². The lowest BCUT2D eigenvalue weighted by Gasteiger charge is -2.16. The zero-order valence-electron chi connectivity index (χ0n) is 11.3. The topological polar surface area (TPSA) is 63.2 Å². The van der Waals surface area contributed by atoms with Gasteiger partial charge in [-0.25, -0.2) is 12.8 Å². The van der Waals surface area contributed by atoms with E-state index in [0.717, 1.165) is 0 Å². The predicted octanol–water partition coefficient (Wildman–Crippen LogP) is 1.31. The lowest BCUT2D eigenvalue weighted by Crippen LogP contribution is -2.39. The molecule has 4 nitrogen and oxygen atoms in total. The largest absolute Gasteiger partial charge is 0.352 e. The summed E-state index contributed by atoms with van der Waals surface area (Å²) < 4.78 is 36.2. The van der Waals surface area contributed by atoms with E-state index in [0.29, 0.717) is 18.4 Å². The highest BCUT2D eigenvalue weighted by atomic mass is 32.2. The molecule has 2 unspecified atom stereocenters. The highest BCUT2D eigenvalue weighted by Crippen LogP contribution is 2.15. The Balaban J connectivity index is 1.91. The van der Waals surface area contributed by atoms with Gasteiger partial charge in [0.1, 0.15) is 5.82 Å². The van der Waals surface area contributed by atoms with Gasteiger partial charge in [0.25, 0.3) is 0 Å². The first kappa shape index (κ1) is 15.0. The number of amides is 1. The van der Waals surface area contributed by atoms with Crippen molar-refractivity contribution in [3.63, 3.8) is 0 Å². The van der Waals surface area contributed by atoms with Gasteiger partial charge in [-0.1, -0.05) is 25.1 Å². The first-order valence-corrected chi connectivity index (χ1v) is 8.44. The molecule has 110 valence electrons. The van der Waals surface area contributed by atoms with Crippen molar-refractivity contribution in [2.45, 2.75) is 25.8 Å². The molecule has 1 heterocycles. The number of halogens is 1. The average Bonchev–Trinajstić information content (AvgIpc) is 2.71. The van der Waals surface area contributed by atoms with E-state index in [2.05, 4.69) is 5.32 Å². The van der Waals surface area contributed by atoms with Crippen LogP contribution >= 0.6 is 0 Å². The van der Waals surface area contributed by atoms with Crippen LogP contribution in [0.4, 0.5) is 4.39 Å². The molecule has 0 aliphatic carbocycles. The number of hydrogen-bond donors (Lipinski definition) is 1. The summed E-state index contributed by atoms with van der Waals surface area (Å²) >= 11 is 0. The summed E-state index contributed by atoms with van der Waals surface area (Å²) in [4.78, 5) is 12.0. The summed E-state index contributed by atoms with van der Waals surface area (Å²) in [6.07, 6.45) is 0.762. The van der Waals surface area contributed by atoms with Crippen LogP contribution in [0.3, 0.4) is 0 Å². The summed E-state index contributed by atoms with van der Waals surface area (Å²) in [5.74, 6) is -0.814. The van der Waals surface area contributed by atoms with Gasteiger partial charge in [0.15, 0.2) is 9.84 Å². The van der Waals surface area contributed by atoms with Crippen LogP contribution < -0.4 is 5.32 Å². The number of carbonyl (C=O) groups excluding carboxylic acids is 1. The molecule has 2 atom stereocenters. The molecule has 1 aliphatic heterocycles. The molecule has 1 amide bonds. The fourth-order valence-corrected chi connectivity index (χ4v) is 4.01. The number of sulfone groups is 1. The van der Waals surface area contributed by atoms with Crippen LogP contribution in [0.1, 0.15) is 18.9 Å². The zero-order chi connectivity index (χ0) is 14.8. The maximum absolute atomic E-state index is 13.5. The highest BCUT2D eigenvalue weighted by molar-refractivity contribution is 7.91. The van der Waals surface area contributed by atoms with Gasteiger partial charge in [-0.05, 0) is 24.5 Å². The lowest BCUT2D eigenvalue weighted by atomic mass is 9.99. The molecule has 1 N–H and O–H groups in total. The predicted molar refractivity (Wildman–Crippen MR) is 74.5 cm³/mol. The molecule has 1 aliphatic rings. The highest BCUT2D eigenvalue weighted by Gasteiger charge is 2.30. The van der Waals surface area contributed by atoms with Gasteiger partial charge in [0.05, 0.1) is 11.5 Å². The maximum Gasteiger partial charge on any atom is 0.223 e. The first-order valence-electron chi connectivity index (χ1n) is 6.61. The SMILES string of the molecule is CC(Cc1ccccc1F)C(=O)NC1CCS(=O)(=O)C1. The fraction of sp³-hybridized carbons (Fsp3) is 0.500. The molecule has 1 fully saturated rings. The summed E-state index contributed by atoms with van der Waals surface area (Å²) in [6, 6.07) is 6.04. The Bertz CT molecular complexity index is 600. The van der Waals surface area contributed by atoms with Crippen LogP contribution in [0.2, 0.25) is 0 Å². The molecule has 1 saturated heterocycles. The van der Waals surface area contributed by atoms with Crippen molar-refractivity contribution in [3.05, 3.63) is 35.6 Å². The van der Waals surface area contributed by atoms with Crippen LogP contribution in [0.25, 0.3) is 0 Å². The van der Waals surface area contributed by atoms with Crippen LogP contribution in [0.15, 0.2) is 24.3 Å². The van der Waals surface area contributed by atoms with Gasteiger partial charge in [-0.3, -0.25) is 4.79 Å². The Labute approximate surface area is 118 Å². The maximum atomic E-state index is 13.5. The normalized spacial score (nSPS) is 22.4. The Morgan fingerprint density at radius 1 is 1.45 bits per heavy atom. The van der Waals surface area contributed by atoms with Crippen molar-refractivity contribution in [2.24, 2.45) is 5.92 Å². The Kier molecular flexibility index (Phi) is 4.42. The number of benzene rings is 1. The number of nitrogens with one attached hydrogen (secondary N) is 1. The molecule has 1 aromatic rings. The Morgan fingerprint density at radius 2 is 2.15 bits per heavy atom. The molecule has 0 bridgehead atoms. The molecule has 0 aromatic heterocycles. The van der Waals surface area contributed by atoms with Crippen LogP contribution in [-0.2, 0) is 21.1 Å². The zero-order valence-corrected chi connectivity index (χ0v) is 12.1. The molecule has 0 radical (unpaired) electrons. The van der Waals surface area contributed by atoms with Crippen LogP contribution in [0, 0.1) is 11.7 Å². The number of carbonyl (C=O) groups is 1. The first-order chi connectivity index (χ1) is 9.37. The van der Waals surface area contributed by atoms with Crippen LogP contribution in [-0.4, -0.2) is 31.9 Å². The van der Waals surface area contributed by atoms with Crippen molar-refractivity contribution in [2.75, 3.05) is 11.5 Å². The second kappa shape index (κ2) is 5.91. The molecule has 6 heteroatoms. The third-order valence-corrected chi connectivity index (χ3v) is 5.28. The van der Waals surface area contributed by atoms with E-state index in [-0.39, 0.29) is 29.3 Å². The Morgan fingerprint density at radius 3 is 2.75 bits per heavy atom. The molecular weight excluding hydrogens is 281 g/mol. The molecule has 0 saturated carbocycles. The second-order valence-electron chi connectivity index (χ2n) is 5.31. The minimum Gasteiger partial charge on any atom is -0.352 e. The minimum absolute atomic E-state index is 0.00512. The van der Waals surface area contributed by atoms with E-state index in [1.54, 1.807) is 25.1 Å². The fourth-order valence-electron chi connectivity index (χ4n) is 2.34. The summed E-state index contributed by atoms with van der Waals surface area (Å²) in [5, 5.41) is 2.73. The van der Waals surface area contributed by atoms with Gasteiger partial charge in [-0.15, -0.1) is 0 Å². The van der Waals surface area contributed by atoms with Crippen molar-refractivity contribution in [1.82, 2.24) is 5.32 Å². The second-order valence-corrected chi connectivity index (χ2v) is 7.53. The standard InChI is InChI=1S/C14H18FNO3S/c1-10(8-11-4-2-3-5-13(11)15)14(17)16-12-6-7-20(18,19)9-12/h2-5,10,12H,6-9H2,1H3,(H,16,17). The molecule has 20 heavy (non-hydrogen) atoms. The monoisotopic (exact) mass is 299 g/mol. The quantitative estimate of drug-likeness (QED) is 0.911. The van der Waals surface area contributed by atoms with E-state index in [1.165, 1.54) is 6.07 Å². The van der Waals surface area contributed by atoms with Crippen molar-refractivity contribution < 1.29 is 17.6 Å². The van der Waals surface area contributed by atoms with E-state index in [4.69, 9.17) is 0 Å². The smallest absolute Gasteiger partial charge is 0.223 e. The molecule has 2 rings (SSSR count). The minimum atomic E-state index is -3.01. The van der Waals surface area contributed by atoms with Crippen molar-refractivity contribution in [1.29, 1.82) is 0 Å². The van der Waals surface area contributed by atoms with Crippen LogP contribution in [0.5, 0.6) is 0 Å². The summed E-state index contributed by atoms with van der Waals surface area (Å²) in [5.41, 5.74) is 0.495.